The van der Waals surface area contributed by atoms with E-state index in [2.05, 4.69) is 34.8 Å². The number of halogens is 2. The number of anilines is 3. The molecule has 1 aromatic carbocycles. The van der Waals surface area contributed by atoms with Crippen molar-refractivity contribution in [3.8, 4) is 0 Å². The number of hydrogen-bond acceptors (Lipinski definition) is 10. The fraction of sp³-hybridized carbons (Fsp3) is 0.553. The Balaban J connectivity index is 0.995. The van der Waals surface area contributed by atoms with Gasteiger partial charge in [0.25, 0.3) is 6.43 Å². The minimum Gasteiger partial charge on any atom is -0.341 e. The van der Waals surface area contributed by atoms with E-state index >= 15 is 0 Å². The third kappa shape index (κ3) is 6.78. The summed E-state index contributed by atoms with van der Waals surface area (Å²) in [7, 11) is 1.88. The number of benzene rings is 1. The van der Waals surface area contributed by atoms with Gasteiger partial charge in [-0.1, -0.05) is 0 Å². The van der Waals surface area contributed by atoms with Crippen LogP contribution in [0.3, 0.4) is 0 Å². The molecule has 0 spiro atoms. The predicted octanol–water partition coefficient (Wildman–Crippen LogP) is 4.76. The molecule has 2 aromatic heterocycles. The highest BCUT2D eigenvalue weighted by Gasteiger charge is 2.35. The van der Waals surface area contributed by atoms with Crippen molar-refractivity contribution >= 4 is 35.2 Å². The minimum absolute atomic E-state index is 0.0407. The second-order valence-corrected chi connectivity index (χ2v) is 15.0. The van der Waals surface area contributed by atoms with Gasteiger partial charge in [-0.3, -0.25) is 14.3 Å². The molecule has 2 fully saturated rings. The van der Waals surface area contributed by atoms with Gasteiger partial charge in [-0.05, 0) is 73.3 Å². The van der Waals surface area contributed by atoms with Crippen LogP contribution in [0.4, 0.5) is 26.2 Å². The van der Waals surface area contributed by atoms with Crippen LogP contribution in [0.2, 0.25) is 0 Å². The average molecular weight is 715 g/mol. The van der Waals surface area contributed by atoms with Crippen molar-refractivity contribution < 1.29 is 18.4 Å². The molecule has 52 heavy (non-hydrogen) atoms. The van der Waals surface area contributed by atoms with E-state index < -0.39 is 6.43 Å². The topological polar surface area (TPSA) is 106 Å². The number of rotatable bonds is 8. The maximum atomic E-state index is 14.7. The molecule has 1 amide bonds. The maximum Gasteiger partial charge on any atom is 0.264 e. The van der Waals surface area contributed by atoms with E-state index in [1.165, 1.54) is 5.69 Å². The second kappa shape index (κ2) is 14.5. The Hall–Kier alpha value is -4.43. The summed E-state index contributed by atoms with van der Waals surface area (Å²) in [5, 5.41) is 7.16. The minimum atomic E-state index is -2.61. The number of carbonyl (C=O) groups is 2. The van der Waals surface area contributed by atoms with E-state index in [0.29, 0.717) is 49.2 Å². The van der Waals surface area contributed by atoms with Crippen LogP contribution in [-0.2, 0) is 24.2 Å². The number of fused-ring (bicyclic) bond motifs is 2. The first-order valence-electron chi connectivity index (χ1n) is 18.8. The lowest BCUT2D eigenvalue weighted by atomic mass is 9.92. The van der Waals surface area contributed by atoms with Crippen molar-refractivity contribution in [2.24, 2.45) is 5.92 Å². The highest BCUT2D eigenvalue weighted by atomic mass is 19.3. The number of aromatic nitrogens is 4. The zero-order valence-corrected chi connectivity index (χ0v) is 30.1. The number of hydrazine groups is 1. The third-order valence-electron chi connectivity index (χ3n) is 11.7. The Morgan fingerprint density at radius 2 is 1.79 bits per heavy atom. The summed E-state index contributed by atoms with van der Waals surface area (Å²) in [4.78, 5) is 41.1. The van der Waals surface area contributed by atoms with Crippen LogP contribution in [0.15, 0.2) is 30.7 Å². The molecule has 0 unspecified atom stereocenters. The molecule has 3 aromatic rings. The third-order valence-corrected chi connectivity index (χ3v) is 11.7. The summed E-state index contributed by atoms with van der Waals surface area (Å²) >= 11 is 0. The molecule has 0 bridgehead atoms. The molecule has 1 N–H and O–H groups in total. The van der Waals surface area contributed by atoms with Gasteiger partial charge in [0.2, 0.25) is 11.9 Å². The normalized spacial score (nSPS) is 20.4. The summed E-state index contributed by atoms with van der Waals surface area (Å²) in [5.74, 6) is 2.16. The lowest BCUT2D eigenvalue weighted by Crippen LogP contribution is -2.42. The van der Waals surface area contributed by atoms with Gasteiger partial charge in [0.1, 0.15) is 0 Å². The standard InChI is InChI=1S/C38H48F2N10O2/c1-25(52)48-15-9-34-33(23-48)37(49-10-3-4-28-16-31(29-20-43-45(2)22-29)32(36(39)40)17-35(28)49)44-50(34)30-7-11-46(12-8-30)21-26-5-13-47(14-6-26)38-41-18-27(24-51)19-42-38/h16-19,22,24,26,30,36,43H,3-15,20-21,23H2,1-2H3. The molecule has 276 valence electrons. The molecule has 7 heterocycles. The molecule has 0 saturated carbocycles. The average Bonchev–Trinajstić information content (AvgIpc) is 3.78. The van der Waals surface area contributed by atoms with Gasteiger partial charge in [0.05, 0.1) is 18.2 Å². The fourth-order valence-electron chi connectivity index (χ4n) is 8.83. The van der Waals surface area contributed by atoms with Crippen molar-refractivity contribution in [1.29, 1.82) is 0 Å². The van der Waals surface area contributed by atoms with Gasteiger partial charge in [-0.2, -0.15) is 5.10 Å². The molecule has 2 saturated heterocycles. The molecule has 8 rings (SSSR count). The Morgan fingerprint density at radius 1 is 1.02 bits per heavy atom. The van der Waals surface area contributed by atoms with Gasteiger partial charge in [-0.15, -0.1) is 0 Å². The summed E-state index contributed by atoms with van der Waals surface area (Å²) in [5.41, 5.74) is 9.31. The lowest BCUT2D eigenvalue weighted by molar-refractivity contribution is -0.129. The monoisotopic (exact) mass is 714 g/mol. The highest BCUT2D eigenvalue weighted by Crippen LogP contribution is 2.43. The van der Waals surface area contributed by atoms with E-state index in [4.69, 9.17) is 5.10 Å². The largest absolute Gasteiger partial charge is 0.341 e. The maximum absolute atomic E-state index is 14.7. The van der Waals surface area contributed by atoms with Crippen LogP contribution in [0.1, 0.15) is 89.8 Å². The summed E-state index contributed by atoms with van der Waals surface area (Å²) in [6, 6.07) is 3.92. The first-order chi connectivity index (χ1) is 25.2. The van der Waals surface area contributed by atoms with Crippen LogP contribution in [0.5, 0.6) is 0 Å². The smallest absolute Gasteiger partial charge is 0.264 e. The number of hydrogen-bond donors (Lipinski definition) is 1. The molecule has 0 atom stereocenters. The molecular formula is C38H48F2N10O2. The number of likely N-dealkylation sites (tertiary alicyclic amines) is 1. The fourth-order valence-corrected chi connectivity index (χ4v) is 8.83. The number of alkyl halides is 2. The van der Waals surface area contributed by atoms with Gasteiger partial charge < -0.3 is 24.6 Å². The van der Waals surface area contributed by atoms with Crippen molar-refractivity contribution in [3.63, 3.8) is 0 Å². The summed E-state index contributed by atoms with van der Waals surface area (Å²) in [6.45, 7) is 8.86. The predicted molar refractivity (Wildman–Crippen MR) is 195 cm³/mol. The van der Waals surface area contributed by atoms with E-state index in [1.54, 1.807) is 25.4 Å². The Labute approximate surface area is 303 Å². The molecule has 5 aliphatic heterocycles. The molecule has 0 radical (unpaired) electrons. The van der Waals surface area contributed by atoms with Gasteiger partial charge >= 0.3 is 0 Å². The number of nitrogens with zero attached hydrogens (tertiary/aromatic N) is 9. The number of piperidine rings is 2. The first-order valence-corrected chi connectivity index (χ1v) is 18.8. The number of carbonyl (C=O) groups excluding carboxylic acids is 2. The zero-order chi connectivity index (χ0) is 35.9. The SMILES string of the molecule is CC(=O)N1CCc2c(c(N3CCCc4cc(C5=CN(C)NC5)c(C(F)F)cc43)nn2C2CCN(CC3CCN(c4ncc(C=O)cn4)CC3)CC2)C1. The van der Waals surface area contributed by atoms with Crippen molar-refractivity contribution in [2.75, 3.05) is 69.2 Å². The van der Waals surface area contributed by atoms with Crippen LogP contribution in [0, 0.1) is 5.92 Å². The Bertz CT molecular complexity index is 1830. The van der Waals surface area contributed by atoms with Crippen LogP contribution >= 0.6 is 0 Å². The first kappa shape index (κ1) is 34.6. The zero-order valence-electron chi connectivity index (χ0n) is 30.1. The Kier molecular flexibility index (Phi) is 9.68. The van der Waals surface area contributed by atoms with Crippen molar-refractivity contribution in [3.05, 3.63) is 64.2 Å². The quantitative estimate of drug-likeness (QED) is 0.329. The highest BCUT2D eigenvalue weighted by molar-refractivity contribution is 5.78. The Morgan fingerprint density at radius 3 is 2.46 bits per heavy atom. The lowest BCUT2D eigenvalue weighted by Gasteiger charge is -2.38. The van der Waals surface area contributed by atoms with Gasteiger partial charge in [-0.25, -0.2) is 24.2 Å². The van der Waals surface area contributed by atoms with E-state index in [1.807, 2.05) is 29.2 Å². The molecule has 14 heteroatoms. The van der Waals surface area contributed by atoms with E-state index in [-0.39, 0.29) is 17.5 Å². The second-order valence-electron chi connectivity index (χ2n) is 15.0. The number of nitrogens with one attached hydrogen (secondary N) is 1. The van der Waals surface area contributed by atoms with Crippen LogP contribution < -0.4 is 15.2 Å². The number of aldehydes is 1. The van der Waals surface area contributed by atoms with Gasteiger partial charge in [0.15, 0.2) is 12.1 Å². The summed E-state index contributed by atoms with van der Waals surface area (Å²) < 4.78 is 31.6. The molecule has 0 aliphatic carbocycles. The van der Waals surface area contributed by atoms with Crippen LogP contribution in [0.25, 0.3) is 5.57 Å². The molecule has 12 nitrogen and oxygen atoms in total. The van der Waals surface area contributed by atoms with E-state index in [9.17, 15) is 18.4 Å². The number of amides is 1. The summed E-state index contributed by atoms with van der Waals surface area (Å²) in [6.07, 6.45) is 9.82. The number of aryl methyl sites for hydroxylation is 1. The molecular weight excluding hydrogens is 666 g/mol. The van der Waals surface area contributed by atoms with Gasteiger partial charge in [0, 0.05) is 114 Å². The van der Waals surface area contributed by atoms with Crippen molar-refractivity contribution in [2.45, 2.75) is 70.9 Å². The van der Waals surface area contributed by atoms with E-state index in [0.717, 1.165) is 112 Å². The molecule has 5 aliphatic rings. The van der Waals surface area contributed by atoms with Crippen molar-refractivity contribution in [1.82, 2.24) is 40.0 Å². The van der Waals surface area contributed by atoms with Crippen LogP contribution in [-0.4, -0.2) is 106 Å².